The lowest BCUT2D eigenvalue weighted by Gasteiger charge is -2.15. The Morgan fingerprint density at radius 2 is 1.90 bits per heavy atom. The number of halogens is 1. The maximum Gasteiger partial charge on any atom is 0.253 e. The third kappa shape index (κ3) is 3.76. The predicted octanol–water partition coefficient (Wildman–Crippen LogP) is 3.53. The molecule has 0 aliphatic heterocycles. The van der Waals surface area contributed by atoms with Gasteiger partial charge in [-0.3, -0.25) is 4.79 Å². The van der Waals surface area contributed by atoms with E-state index in [-0.39, 0.29) is 11.9 Å². The van der Waals surface area contributed by atoms with Crippen LogP contribution in [0.5, 0.6) is 5.75 Å². The van der Waals surface area contributed by atoms with Gasteiger partial charge in [-0.15, -0.1) is 0 Å². The van der Waals surface area contributed by atoms with Crippen LogP contribution in [-0.2, 0) is 0 Å². The van der Waals surface area contributed by atoms with Crippen molar-refractivity contribution in [2.45, 2.75) is 13.0 Å². The first-order valence-electron chi connectivity index (χ1n) is 6.51. The van der Waals surface area contributed by atoms with Gasteiger partial charge in [0.15, 0.2) is 0 Å². The molecule has 0 spiro atoms. The van der Waals surface area contributed by atoms with Crippen molar-refractivity contribution < 1.29 is 9.53 Å². The number of anilines is 1. The number of methoxy groups -OCH3 is 1. The van der Waals surface area contributed by atoms with Crippen LogP contribution in [0, 0.1) is 0 Å². The maximum atomic E-state index is 12.4. The molecule has 0 saturated heterocycles. The largest absolute Gasteiger partial charge is 0.497 e. The molecule has 5 heteroatoms. The van der Waals surface area contributed by atoms with Gasteiger partial charge in [-0.1, -0.05) is 12.1 Å². The minimum absolute atomic E-state index is 0.115. The fourth-order valence-corrected chi connectivity index (χ4v) is 2.37. The number of hydrogen-bond acceptors (Lipinski definition) is 3. The first-order chi connectivity index (χ1) is 10.0. The van der Waals surface area contributed by atoms with Crippen LogP contribution >= 0.6 is 15.9 Å². The van der Waals surface area contributed by atoms with E-state index in [2.05, 4.69) is 21.2 Å². The zero-order chi connectivity index (χ0) is 15.4. The summed E-state index contributed by atoms with van der Waals surface area (Å²) in [6.07, 6.45) is 0. The van der Waals surface area contributed by atoms with Crippen LogP contribution in [0.15, 0.2) is 46.9 Å². The number of benzene rings is 2. The molecule has 3 N–H and O–H groups in total. The third-order valence-electron chi connectivity index (χ3n) is 3.20. The van der Waals surface area contributed by atoms with E-state index in [0.717, 1.165) is 10.0 Å². The Labute approximate surface area is 132 Å². The Kier molecular flexibility index (Phi) is 4.85. The lowest BCUT2D eigenvalue weighted by Crippen LogP contribution is -2.27. The SMILES string of the molecule is COc1ccc(Br)c(C(=O)NC(C)c2ccc(N)cc2)c1. The quantitative estimate of drug-likeness (QED) is 0.830. The van der Waals surface area contributed by atoms with Gasteiger partial charge in [0, 0.05) is 10.2 Å². The summed E-state index contributed by atoms with van der Waals surface area (Å²) in [5.74, 6) is 0.480. The zero-order valence-electron chi connectivity index (χ0n) is 11.9. The molecule has 1 atom stereocenters. The van der Waals surface area contributed by atoms with Crippen molar-refractivity contribution >= 4 is 27.5 Å². The number of nitrogen functional groups attached to an aromatic ring is 1. The molecular formula is C16H17BrN2O2. The number of rotatable bonds is 4. The van der Waals surface area contributed by atoms with Gasteiger partial charge in [0.1, 0.15) is 5.75 Å². The monoisotopic (exact) mass is 348 g/mol. The Hall–Kier alpha value is -2.01. The molecule has 1 amide bonds. The first-order valence-corrected chi connectivity index (χ1v) is 7.30. The average molecular weight is 349 g/mol. The second kappa shape index (κ2) is 6.63. The Bertz CT molecular complexity index is 641. The number of nitrogens with one attached hydrogen (secondary N) is 1. The highest BCUT2D eigenvalue weighted by Crippen LogP contribution is 2.23. The highest BCUT2D eigenvalue weighted by atomic mass is 79.9. The average Bonchev–Trinajstić information content (AvgIpc) is 2.48. The van der Waals surface area contributed by atoms with Crippen LogP contribution in [0.2, 0.25) is 0 Å². The molecule has 0 fully saturated rings. The molecule has 2 aromatic rings. The molecule has 0 saturated carbocycles. The fraction of sp³-hybridized carbons (Fsp3) is 0.188. The highest BCUT2D eigenvalue weighted by Gasteiger charge is 2.15. The summed E-state index contributed by atoms with van der Waals surface area (Å²) in [5, 5.41) is 2.96. The lowest BCUT2D eigenvalue weighted by molar-refractivity contribution is 0.0938. The van der Waals surface area contributed by atoms with Gasteiger partial charge in [0.05, 0.1) is 18.7 Å². The van der Waals surface area contributed by atoms with Crippen LogP contribution in [0.25, 0.3) is 0 Å². The number of ether oxygens (including phenoxy) is 1. The Morgan fingerprint density at radius 1 is 1.24 bits per heavy atom. The molecule has 0 aliphatic carbocycles. The Morgan fingerprint density at radius 3 is 2.52 bits per heavy atom. The predicted molar refractivity (Wildman–Crippen MR) is 87.4 cm³/mol. The fourth-order valence-electron chi connectivity index (χ4n) is 1.95. The molecule has 0 radical (unpaired) electrons. The zero-order valence-corrected chi connectivity index (χ0v) is 13.5. The van der Waals surface area contributed by atoms with Crippen molar-refractivity contribution in [3.05, 3.63) is 58.1 Å². The van der Waals surface area contributed by atoms with E-state index < -0.39 is 0 Å². The molecule has 110 valence electrons. The van der Waals surface area contributed by atoms with Crippen LogP contribution in [0.4, 0.5) is 5.69 Å². The van der Waals surface area contributed by atoms with Gasteiger partial charge in [-0.05, 0) is 58.7 Å². The van der Waals surface area contributed by atoms with E-state index in [1.807, 2.05) is 31.2 Å². The third-order valence-corrected chi connectivity index (χ3v) is 3.89. The van der Waals surface area contributed by atoms with Crippen LogP contribution in [0.1, 0.15) is 28.9 Å². The summed E-state index contributed by atoms with van der Waals surface area (Å²) in [4.78, 5) is 12.4. The first kappa shape index (κ1) is 15.4. The summed E-state index contributed by atoms with van der Waals surface area (Å²) < 4.78 is 5.88. The number of amides is 1. The lowest BCUT2D eigenvalue weighted by atomic mass is 10.1. The van der Waals surface area contributed by atoms with Gasteiger partial charge < -0.3 is 15.8 Å². The van der Waals surface area contributed by atoms with E-state index in [1.165, 1.54) is 0 Å². The molecule has 2 aromatic carbocycles. The molecule has 0 bridgehead atoms. The van der Waals surface area contributed by atoms with Crippen molar-refractivity contribution in [1.29, 1.82) is 0 Å². The molecule has 4 nitrogen and oxygen atoms in total. The summed E-state index contributed by atoms with van der Waals surface area (Å²) in [6, 6.07) is 12.6. The van der Waals surface area contributed by atoms with Crippen LogP contribution in [-0.4, -0.2) is 13.0 Å². The van der Waals surface area contributed by atoms with Crippen molar-refractivity contribution in [2.75, 3.05) is 12.8 Å². The van der Waals surface area contributed by atoms with Gasteiger partial charge in [-0.2, -0.15) is 0 Å². The normalized spacial score (nSPS) is 11.8. The standard InChI is InChI=1S/C16H17BrN2O2/c1-10(11-3-5-12(18)6-4-11)19-16(20)14-9-13(21-2)7-8-15(14)17/h3-10H,18H2,1-2H3,(H,19,20). The summed E-state index contributed by atoms with van der Waals surface area (Å²) in [7, 11) is 1.57. The van der Waals surface area contributed by atoms with E-state index in [0.29, 0.717) is 17.0 Å². The highest BCUT2D eigenvalue weighted by molar-refractivity contribution is 9.10. The number of carbonyl (C=O) groups excluding carboxylic acids is 1. The molecular weight excluding hydrogens is 332 g/mol. The molecule has 21 heavy (non-hydrogen) atoms. The molecule has 0 aromatic heterocycles. The second-order valence-electron chi connectivity index (χ2n) is 4.71. The number of nitrogens with two attached hydrogens (primary N) is 1. The van der Waals surface area contributed by atoms with Crippen molar-refractivity contribution in [1.82, 2.24) is 5.32 Å². The van der Waals surface area contributed by atoms with Gasteiger partial charge >= 0.3 is 0 Å². The van der Waals surface area contributed by atoms with E-state index in [1.54, 1.807) is 25.3 Å². The second-order valence-corrected chi connectivity index (χ2v) is 5.56. The summed E-state index contributed by atoms with van der Waals surface area (Å²) in [6.45, 7) is 1.93. The van der Waals surface area contributed by atoms with Gasteiger partial charge in [0.25, 0.3) is 5.91 Å². The van der Waals surface area contributed by atoms with Crippen molar-refractivity contribution in [3.8, 4) is 5.75 Å². The molecule has 0 heterocycles. The van der Waals surface area contributed by atoms with Crippen molar-refractivity contribution in [3.63, 3.8) is 0 Å². The summed E-state index contributed by atoms with van der Waals surface area (Å²) in [5.41, 5.74) is 7.90. The maximum absolute atomic E-state index is 12.4. The van der Waals surface area contributed by atoms with E-state index >= 15 is 0 Å². The topological polar surface area (TPSA) is 64.3 Å². The van der Waals surface area contributed by atoms with E-state index in [9.17, 15) is 4.79 Å². The van der Waals surface area contributed by atoms with Crippen molar-refractivity contribution in [2.24, 2.45) is 0 Å². The minimum Gasteiger partial charge on any atom is -0.497 e. The van der Waals surface area contributed by atoms with Crippen LogP contribution < -0.4 is 15.8 Å². The smallest absolute Gasteiger partial charge is 0.253 e. The van der Waals surface area contributed by atoms with Gasteiger partial charge in [0.2, 0.25) is 0 Å². The number of carbonyl (C=O) groups is 1. The summed E-state index contributed by atoms with van der Waals surface area (Å²) >= 11 is 3.38. The molecule has 1 unspecified atom stereocenters. The molecule has 0 aliphatic rings. The van der Waals surface area contributed by atoms with E-state index in [4.69, 9.17) is 10.5 Å². The Balaban J connectivity index is 2.15. The number of hydrogen-bond donors (Lipinski definition) is 2. The van der Waals surface area contributed by atoms with Crippen LogP contribution in [0.3, 0.4) is 0 Å². The van der Waals surface area contributed by atoms with Gasteiger partial charge in [-0.25, -0.2) is 0 Å². The minimum atomic E-state index is -0.162. The molecule has 2 rings (SSSR count).